The average Bonchev–Trinajstić information content (AvgIpc) is 3.58. The van der Waals surface area contributed by atoms with Crippen LogP contribution in [0.1, 0.15) is 57.1 Å². The number of carboxylic acid groups (broad SMARTS) is 1. The molecule has 186 valence electrons. The topological polar surface area (TPSA) is 105 Å². The van der Waals surface area contributed by atoms with Gasteiger partial charge in [0.25, 0.3) is 0 Å². The highest BCUT2D eigenvalue weighted by Gasteiger charge is 2.36. The number of carbonyl (C=O) groups is 3. The number of benzene rings is 2. The maximum absolute atomic E-state index is 13.0. The Hall–Kier alpha value is -3.35. The van der Waals surface area contributed by atoms with Crippen molar-refractivity contribution in [2.75, 3.05) is 13.2 Å². The first-order chi connectivity index (χ1) is 16.6. The lowest BCUT2D eigenvalue weighted by molar-refractivity contribution is -0.145. The van der Waals surface area contributed by atoms with Crippen LogP contribution in [0, 0.1) is 17.3 Å². The molecule has 0 bridgehead atoms. The number of aliphatic carboxylic acids is 1. The Kier molecular flexibility index (Phi) is 7.15. The van der Waals surface area contributed by atoms with Crippen molar-refractivity contribution >= 4 is 18.0 Å². The molecule has 0 spiro atoms. The van der Waals surface area contributed by atoms with E-state index in [1.165, 1.54) is 0 Å². The molecule has 2 amide bonds. The fourth-order valence-electron chi connectivity index (χ4n) is 4.80. The van der Waals surface area contributed by atoms with Gasteiger partial charge in [-0.15, -0.1) is 0 Å². The first kappa shape index (κ1) is 24.8. The molecule has 2 aliphatic rings. The lowest BCUT2D eigenvalue weighted by Crippen LogP contribution is -2.52. The summed E-state index contributed by atoms with van der Waals surface area (Å²) in [6, 6.07) is 15.3. The van der Waals surface area contributed by atoms with E-state index in [-0.39, 0.29) is 25.0 Å². The zero-order chi connectivity index (χ0) is 25.2. The third-order valence-electron chi connectivity index (χ3n) is 6.92. The van der Waals surface area contributed by atoms with Gasteiger partial charge in [-0.05, 0) is 40.0 Å². The molecule has 7 heteroatoms. The minimum Gasteiger partial charge on any atom is -0.480 e. The Labute approximate surface area is 206 Å². The molecule has 1 fully saturated rings. The van der Waals surface area contributed by atoms with Gasteiger partial charge < -0.3 is 20.5 Å². The van der Waals surface area contributed by atoms with Crippen LogP contribution < -0.4 is 10.6 Å². The fourth-order valence-corrected chi connectivity index (χ4v) is 4.80. The van der Waals surface area contributed by atoms with E-state index in [2.05, 4.69) is 34.9 Å². The van der Waals surface area contributed by atoms with E-state index in [1.807, 2.05) is 24.3 Å². The lowest BCUT2D eigenvalue weighted by Gasteiger charge is -2.29. The normalized spacial score (nSPS) is 16.5. The lowest BCUT2D eigenvalue weighted by atomic mass is 9.86. The summed E-state index contributed by atoms with van der Waals surface area (Å²) in [6.07, 6.45) is 2.14. The molecule has 3 N–H and O–H groups in total. The summed E-state index contributed by atoms with van der Waals surface area (Å²) in [6.45, 7) is 5.63. The second kappa shape index (κ2) is 10.1. The molecule has 2 aromatic rings. The van der Waals surface area contributed by atoms with Gasteiger partial charge in [0.1, 0.15) is 12.6 Å². The van der Waals surface area contributed by atoms with Gasteiger partial charge in [0.05, 0.1) is 5.92 Å². The smallest absolute Gasteiger partial charge is 0.407 e. The summed E-state index contributed by atoms with van der Waals surface area (Å²) in [4.78, 5) is 37.2. The van der Waals surface area contributed by atoms with Crippen molar-refractivity contribution in [3.8, 4) is 11.1 Å². The average molecular weight is 479 g/mol. The number of hydrogen-bond acceptors (Lipinski definition) is 4. The number of fused-ring (bicyclic) bond motifs is 3. The van der Waals surface area contributed by atoms with Crippen LogP contribution in [0.4, 0.5) is 4.79 Å². The number of hydrogen-bond donors (Lipinski definition) is 3. The number of carboxylic acids is 1. The van der Waals surface area contributed by atoms with E-state index in [1.54, 1.807) is 20.8 Å². The van der Waals surface area contributed by atoms with Crippen molar-refractivity contribution in [2.45, 2.75) is 52.0 Å². The van der Waals surface area contributed by atoms with Gasteiger partial charge in [-0.25, -0.2) is 9.59 Å². The van der Waals surface area contributed by atoms with Gasteiger partial charge in [0.2, 0.25) is 5.91 Å². The number of carbonyl (C=O) groups excluding carboxylic acids is 2. The van der Waals surface area contributed by atoms with Crippen LogP contribution in [-0.2, 0) is 14.3 Å². The number of alkyl carbamates (subject to hydrolysis) is 1. The second-order valence-electron chi connectivity index (χ2n) is 10.7. The van der Waals surface area contributed by atoms with Crippen molar-refractivity contribution in [3.63, 3.8) is 0 Å². The van der Waals surface area contributed by atoms with E-state index in [0.717, 1.165) is 35.1 Å². The maximum Gasteiger partial charge on any atom is 0.407 e. The maximum atomic E-state index is 13.0. The van der Waals surface area contributed by atoms with E-state index >= 15 is 0 Å². The Balaban J connectivity index is 1.36. The predicted molar refractivity (Wildman–Crippen MR) is 133 cm³/mol. The second-order valence-corrected chi connectivity index (χ2v) is 10.7. The Morgan fingerprint density at radius 2 is 1.57 bits per heavy atom. The molecule has 2 unspecified atom stereocenters. The molecule has 2 aliphatic carbocycles. The first-order valence-electron chi connectivity index (χ1n) is 12.3. The highest BCUT2D eigenvalue weighted by molar-refractivity contribution is 5.86. The largest absolute Gasteiger partial charge is 0.480 e. The molecule has 0 aromatic heterocycles. The predicted octanol–water partition coefficient (Wildman–Crippen LogP) is 4.56. The van der Waals surface area contributed by atoms with E-state index < -0.39 is 29.4 Å². The van der Waals surface area contributed by atoms with E-state index in [0.29, 0.717) is 12.3 Å². The van der Waals surface area contributed by atoms with Gasteiger partial charge in [-0.3, -0.25) is 4.79 Å². The van der Waals surface area contributed by atoms with Crippen LogP contribution in [-0.4, -0.2) is 42.3 Å². The summed E-state index contributed by atoms with van der Waals surface area (Å²) in [7, 11) is 0. The number of ether oxygens (including phenoxy) is 1. The van der Waals surface area contributed by atoms with Crippen molar-refractivity contribution in [2.24, 2.45) is 17.3 Å². The molecule has 0 radical (unpaired) electrons. The van der Waals surface area contributed by atoms with Crippen LogP contribution >= 0.6 is 0 Å². The quantitative estimate of drug-likeness (QED) is 0.490. The van der Waals surface area contributed by atoms with Crippen molar-refractivity contribution in [1.82, 2.24) is 10.6 Å². The summed E-state index contributed by atoms with van der Waals surface area (Å²) < 4.78 is 5.59. The van der Waals surface area contributed by atoms with Crippen LogP contribution in [0.2, 0.25) is 0 Å². The Bertz CT molecular complexity index is 1060. The van der Waals surface area contributed by atoms with Crippen LogP contribution in [0.25, 0.3) is 11.1 Å². The standard InChI is InChI=1S/C28H34N2O5/c1-28(2,3)24(26(32)33)30-25(31)18(14-17-12-13-17)15-29-27(34)35-16-23-21-10-6-4-8-19(21)20-9-5-7-11-22(20)23/h4-11,17-18,23-24H,12-16H2,1-3H3,(H,29,34)(H,30,31)(H,32,33). The molecule has 1 saturated carbocycles. The molecule has 2 atom stereocenters. The molecular formula is C28H34N2O5. The van der Waals surface area contributed by atoms with Crippen LogP contribution in [0.3, 0.4) is 0 Å². The first-order valence-corrected chi connectivity index (χ1v) is 12.3. The molecular weight excluding hydrogens is 444 g/mol. The molecule has 4 rings (SSSR count). The van der Waals surface area contributed by atoms with Crippen molar-refractivity contribution < 1.29 is 24.2 Å². The van der Waals surface area contributed by atoms with Gasteiger partial charge in [-0.2, -0.15) is 0 Å². The third kappa shape index (κ3) is 5.84. The van der Waals surface area contributed by atoms with Gasteiger partial charge in [-0.1, -0.05) is 82.1 Å². The summed E-state index contributed by atoms with van der Waals surface area (Å²) >= 11 is 0. The third-order valence-corrected chi connectivity index (χ3v) is 6.92. The van der Waals surface area contributed by atoms with Gasteiger partial charge in [0.15, 0.2) is 0 Å². The fraction of sp³-hybridized carbons (Fsp3) is 0.464. The summed E-state index contributed by atoms with van der Waals surface area (Å²) in [5.41, 5.74) is 3.95. The van der Waals surface area contributed by atoms with Crippen molar-refractivity contribution in [3.05, 3.63) is 59.7 Å². The zero-order valence-corrected chi connectivity index (χ0v) is 20.5. The van der Waals surface area contributed by atoms with Crippen molar-refractivity contribution in [1.29, 1.82) is 0 Å². The zero-order valence-electron chi connectivity index (χ0n) is 20.5. The summed E-state index contributed by atoms with van der Waals surface area (Å²) in [5, 5.41) is 15.0. The highest BCUT2D eigenvalue weighted by atomic mass is 16.5. The van der Waals surface area contributed by atoms with Crippen LogP contribution in [0.5, 0.6) is 0 Å². The summed E-state index contributed by atoms with van der Waals surface area (Å²) in [5.74, 6) is -1.53. The number of rotatable bonds is 9. The highest BCUT2D eigenvalue weighted by Crippen LogP contribution is 2.44. The number of amides is 2. The van der Waals surface area contributed by atoms with Gasteiger partial charge in [0, 0.05) is 12.5 Å². The van der Waals surface area contributed by atoms with E-state index in [9.17, 15) is 19.5 Å². The molecule has 0 aliphatic heterocycles. The Morgan fingerprint density at radius 3 is 2.09 bits per heavy atom. The molecule has 35 heavy (non-hydrogen) atoms. The number of nitrogens with one attached hydrogen (secondary N) is 2. The van der Waals surface area contributed by atoms with Crippen LogP contribution in [0.15, 0.2) is 48.5 Å². The molecule has 0 heterocycles. The van der Waals surface area contributed by atoms with Gasteiger partial charge >= 0.3 is 12.1 Å². The SMILES string of the molecule is CC(C)(C)C(NC(=O)C(CNC(=O)OCC1c2ccccc2-c2ccccc21)CC1CC1)C(=O)O. The molecule has 0 saturated heterocycles. The minimum absolute atomic E-state index is 0.0400. The minimum atomic E-state index is -1.07. The molecule has 7 nitrogen and oxygen atoms in total. The van der Waals surface area contributed by atoms with E-state index in [4.69, 9.17) is 4.74 Å². The monoisotopic (exact) mass is 478 g/mol. The Morgan fingerprint density at radius 1 is 1.00 bits per heavy atom. The molecule has 2 aromatic carbocycles.